The summed E-state index contributed by atoms with van der Waals surface area (Å²) in [6.07, 6.45) is 1.08. The zero-order chi connectivity index (χ0) is 12.1. The van der Waals surface area contributed by atoms with Crippen molar-refractivity contribution < 1.29 is 9.90 Å². The van der Waals surface area contributed by atoms with Gasteiger partial charge in [-0.25, -0.2) is 0 Å². The van der Waals surface area contributed by atoms with Gasteiger partial charge in [0.25, 0.3) is 0 Å². The fourth-order valence-electron chi connectivity index (χ4n) is 1.69. The van der Waals surface area contributed by atoms with Gasteiger partial charge in [-0.05, 0) is 24.1 Å². The van der Waals surface area contributed by atoms with E-state index in [0.29, 0.717) is 0 Å². The van der Waals surface area contributed by atoms with E-state index in [1.54, 1.807) is 6.07 Å². The molecule has 2 rings (SSSR count). The first-order valence-corrected chi connectivity index (χ1v) is 5.60. The number of benzene rings is 1. The van der Waals surface area contributed by atoms with Crippen molar-refractivity contribution >= 4 is 17.6 Å². The summed E-state index contributed by atoms with van der Waals surface area (Å²) in [6, 6.07) is 7.36. The Labute approximate surface area is 99.6 Å². The molecule has 0 radical (unpaired) electrons. The first-order valence-electron chi connectivity index (χ1n) is 5.60. The largest absolute Gasteiger partial charge is 0.481 e. The van der Waals surface area contributed by atoms with Crippen LogP contribution >= 0.6 is 0 Å². The number of nitrogens with one attached hydrogen (secondary N) is 2. The predicted molar refractivity (Wildman–Crippen MR) is 66.3 cm³/mol. The lowest BCUT2D eigenvalue weighted by Gasteiger charge is -2.16. The second-order valence-electron chi connectivity index (χ2n) is 3.91. The van der Waals surface area contributed by atoms with Gasteiger partial charge in [-0.2, -0.15) is 0 Å². The van der Waals surface area contributed by atoms with Crippen molar-refractivity contribution in [1.29, 1.82) is 0 Å². The van der Waals surface area contributed by atoms with E-state index in [0.717, 1.165) is 36.7 Å². The number of nitrogens with zero attached hydrogens (tertiary/aromatic N) is 1. The highest BCUT2D eigenvalue weighted by Crippen LogP contribution is 2.11. The van der Waals surface area contributed by atoms with Crippen molar-refractivity contribution in [2.45, 2.75) is 12.8 Å². The minimum atomic E-state index is -0.824. The zero-order valence-corrected chi connectivity index (χ0v) is 9.44. The molecule has 0 unspecified atom stereocenters. The number of aliphatic imine (C=N–C) groups is 1. The fraction of sp³-hybridized carbons (Fsp3) is 0.333. The quantitative estimate of drug-likeness (QED) is 0.730. The maximum atomic E-state index is 10.6. The van der Waals surface area contributed by atoms with Gasteiger partial charge in [0.2, 0.25) is 0 Å². The van der Waals surface area contributed by atoms with E-state index >= 15 is 0 Å². The molecule has 3 N–H and O–H groups in total. The van der Waals surface area contributed by atoms with E-state index in [4.69, 9.17) is 5.11 Å². The summed E-state index contributed by atoms with van der Waals surface area (Å²) in [5, 5.41) is 15.0. The molecule has 5 nitrogen and oxygen atoms in total. The van der Waals surface area contributed by atoms with E-state index in [1.807, 2.05) is 18.2 Å². The third-order valence-corrected chi connectivity index (χ3v) is 2.44. The van der Waals surface area contributed by atoms with Gasteiger partial charge in [0.05, 0.1) is 6.42 Å². The second kappa shape index (κ2) is 5.34. The van der Waals surface area contributed by atoms with E-state index < -0.39 is 5.97 Å². The molecule has 90 valence electrons. The summed E-state index contributed by atoms with van der Waals surface area (Å²) in [5.74, 6) is -0.0704. The number of rotatable bonds is 3. The van der Waals surface area contributed by atoms with Crippen LogP contribution in [0.15, 0.2) is 29.3 Å². The Morgan fingerprint density at radius 3 is 3.12 bits per heavy atom. The van der Waals surface area contributed by atoms with E-state index in [-0.39, 0.29) is 6.42 Å². The molecule has 0 bridgehead atoms. The summed E-state index contributed by atoms with van der Waals surface area (Å²) >= 11 is 0. The van der Waals surface area contributed by atoms with Crippen LogP contribution in [0.4, 0.5) is 5.69 Å². The molecule has 17 heavy (non-hydrogen) atoms. The predicted octanol–water partition coefficient (Wildman–Crippen LogP) is 1.07. The molecule has 1 heterocycles. The molecule has 5 heteroatoms. The molecular weight excluding hydrogens is 218 g/mol. The third-order valence-electron chi connectivity index (χ3n) is 2.44. The number of hydrogen-bond acceptors (Lipinski definition) is 4. The number of aliphatic carboxylic acids is 1. The fourth-order valence-corrected chi connectivity index (χ4v) is 1.69. The van der Waals surface area contributed by atoms with Crippen molar-refractivity contribution in [3.8, 4) is 0 Å². The number of anilines is 1. The number of carboxylic acids is 1. The first kappa shape index (κ1) is 11.4. The lowest BCUT2D eigenvalue weighted by atomic mass is 10.1. The summed E-state index contributed by atoms with van der Waals surface area (Å²) in [7, 11) is 0. The Morgan fingerprint density at radius 2 is 2.41 bits per heavy atom. The number of carbonyl (C=O) groups is 1. The van der Waals surface area contributed by atoms with Gasteiger partial charge in [-0.3, -0.25) is 9.79 Å². The number of carboxylic acid groups (broad SMARTS) is 1. The maximum absolute atomic E-state index is 10.6. The van der Waals surface area contributed by atoms with Gasteiger partial charge in [0, 0.05) is 18.8 Å². The highest BCUT2D eigenvalue weighted by molar-refractivity contribution is 5.94. The Kier molecular flexibility index (Phi) is 3.59. The van der Waals surface area contributed by atoms with Crippen molar-refractivity contribution in [1.82, 2.24) is 5.32 Å². The highest BCUT2D eigenvalue weighted by atomic mass is 16.4. The molecule has 0 atom stereocenters. The molecule has 1 aromatic carbocycles. The number of guanidine groups is 1. The van der Waals surface area contributed by atoms with E-state index in [1.165, 1.54) is 0 Å². The van der Waals surface area contributed by atoms with Crippen LogP contribution in [-0.4, -0.2) is 30.1 Å². The van der Waals surface area contributed by atoms with Crippen molar-refractivity contribution in [3.63, 3.8) is 0 Å². The van der Waals surface area contributed by atoms with Crippen LogP contribution in [0.1, 0.15) is 12.0 Å². The summed E-state index contributed by atoms with van der Waals surface area (Å²) in [6.45, 7) is 1.74. The van der Waals surface area contributed by atoms with Crippen molar-refractivity contribution in [2.75, 3.05) is 18.4 Å². The molecule has 0 saturated heterocycles. The van der Waals surface area contributed by atoms with Gasteiger partial charge in [0.15, 0.2) is 5.96 Å². The van der Waals surface area contributed by atoms with Crippen molar-refractivity contribution in [3.05, 3.63) is 29.8 Å². The van der Waals surface area contributed by atoms with Crippen LogP contribution in [0.5, 0.6) is 0 Å². The average molecular weight is 233 g/mol. The zero-order valence-electron chi connectivity index (χ0n) is 9.44. The maximum Gasteiger partial charge on any atom is 0.307 e. The molecule has 1 aromatic rings. The molecule has 0 fully saturated rings. The van der Waals surface area contributed by atoms with Crippen LogP contribution in [0.25, 0.3) is 0 Å². The monoisotopic (exact) mass is 233 g/mol. The van der Waals surface area contributed by atoms with Gasteiger partial charge in [-0.15, -0.1) is 0 Å². The minimum Gasteiger partial charge on any atom is -0.481 e. The van der Waals surface area contributed by atoms with Gasteiger partial charge >= 0.3 is 5.97 Å². The molecule has 1 aliphatic rings. The summed E-state index contributed by atoms with van der Waals surface area (Å²) in [4.78, 5) is 14.9. The van der Waals surface area contributed by atoms with Crippen LogP contribution in [0, 0.1) is 0 Å². The highest BCUT2D eigenvalue weighted by Gasteiger charge is 2.05. The molecule has 0 spiro atoms. The van der Waals surface area contributed by atoms with E-state index in [9.17, 15) is 4.79 Å². The third kappa shape index (κ3) is 3.48. The summed E-state index contributed by atoms with van der Waals surface area (Å²) < 4.78 is 0. The Hall–Kier alpha value is -2.04. The molecule has 0 aliphatic carbocycles. The topological polar surface area (TPSA) is 73.7 Å². The SMILES string of the molecule is O=C(O)Cc1cccc(NC2=NCCCN2)c1. The normalized spacial score (nSPS) is 14.7. The molecular formula is C12H15N3O2. The summed E-state index contributed by atoms with van der Waals surface area (Å²) in [5.41, 5.74) is 1.64. The van der Waals surface area contributed by atoms with Gasteiger partial charge in [-0.1, -0.05) is 12.1 Å². The van der Waals surface area contributed by atoms with Crippen LogP contribution < -0.4 is 10.6 Å². The van der Waals surface area contributed by atoms with Crippen LogP contribution in [-0.2, 0) is 11.2 Å². The lowest BCUT2D eigenvalue weighted by Crippen LogP contribution is -2.35. The van der Waals surface area contributed by atoms with Crippen molar-refractivity contribution in [2.24, 2.45) is 4.99 Å². The average Bonchev–Trinajstić information content (AvgIpc) is 2.30. The van der Waals surface area contributed by atoms with Gasteiger partial charge in [0.1, 0.15) is 0 Å². The molecule has 0 amide bonds. The smallest absolute Gasteiger partial charge is 0.307 e. The minimum absolute atomic E-state index is 0.0371. The lowest BCUT2D eigenvalue weighted by molar-refractivity contribution is -0.136. The first-order chi connectivity index (χ1) is 8.24. The van der Waals surface area contributed by atoms with Gasteiger partial charge < -0.3 is 15.7 Å². The Morgan fingerprint density at radius 1 is 1.53 bits per heavy atom. The molecule has 0 saturated carbocycles. The molecule has 0 aromatic heterocycles. The number of hydrogen-bond donors (Lipinski definition) is 3. The standard InChI is InChI=1S/C12H15N3O2/c16-11(17)8-9-3-1-4-10(7-9)15-12-13-5-2-6-14-12/h1,3-4,7H,2,5-6,8H2,(H,16,17)(H2,13,14,15). The Balaban J connectivity index is 2.05. The second-order valence-corrected chi connectivity index (χ2v) is 3.91. The van der Waals surface area contributed by atoms with Crippen LogP contribution in [0.3, 0.4) is 0 Å². The van der Waals surface area contributed by atoms with Crippen LogP contribution in [0.2, 0.25) is 0 Å². The van der Waals surface area contributed by atoms with E-state index in [2.05, 4.69) is 15.6 Å². The molecule has 1 aliphatic heterocycles. The Bertz CT molecular complexity index is 443.